The number of nitrogens with zero attached hydrogens (tertiary/aromatic N) is 1. The number of rotatable bonds is 3. The Bertz CT molecular complexity index is 471. The van der Waals surface area contributed by atoms with Crippen molar-refractivity contribution >= 4 is 5.91 Å². The molecule has 1 aromatic rings. The number of fused-ring (bicyclic) bond motifs is 1. The molecule has 0 aromatic carbocycles. The smallest absolute Gasteiger partial charge is 0.289 e. The SMILES string of the molecule is COCc1ccc(C(=O)N2CC3CCC(N)C3C2)o1. The van der Waals surface area contributed by atoms with Gasteiger partial charge in [-0.2, -0.15) is 0 Å². The highest BCUT2D eigenvalue weighted by Crippen LogP contribution is 2.37. The Morgan fingerprint density at radius 2 is 2.32 bits per heavy atom. The van der Waals surface area contributed by atoms with Gasteiger partial charge in [0.25, 0.3) is 5.91 Å². The number of likely N-dealkylation sites (tertiary alicyclic amines) is 1. The van der Waals surface area contributed by atoms with E-state index in [2.05, 4.69) is 0 Å². The number of ether oxygens (including phenoxy) is 1. The second kappa shape index (κ2) is 4.98. The molecule has 0 spiro atoms. The van der Waals surface area contributed by atoms with Crippen molar-refractivity contribution in [1.29, 1.82) is 0 Å². The molecular formula is C14H20N2O3. The van der Waals surface area contributed by atoms with Gasteiger partial charge in [-0.1, -0.05) is 0 Å². The van der Waals surface area contributed by atoms with Crippen molar-refractivity contribution in [1.82, 2.24) is 4.90 Å². The second-order valence-electron chi connectivity index (χ2n) is 5.57. The summed E-state index contributed by atoms with van der Waals surface area (Å²) in [5.41, 5.74) is 6.09. The molecule has 3 rings (SSSR count). The molecule has 1 amide bonds. The summed E-state index contributed by atoms with van der Waals surface area (Å²) in [5.74, 6) is 2.11. The first-order valence-electron chi connectivity index (χ1n) is 6.81. The Kier molecular flexibility index (Phi) is 3.33. The minimum absolute atomic E-state index is 0.0241. The zero-order chi connectivity index (χ0) is 13.4. The Hall–Kier alpha value is -1.33. The average Bonchev–Trinajstić information content (AvgIpc) is 3.07. The third kappa shape index (κ3) is 2.28. The molecule has 1 aromatic heterocycles. The largest absolute Gasteiger partial charge is 0.453 e. The molecular weight excluding hydrogens is 244 g/mol. The molecule has 3 atom stereocenters. The fourth-order valence-corrected chi connectivity index (χ4v) is 3.34. The summed E-state index contributed by atoms with van der Waals surface area (Å²) < 4.78 is 10.5. The number of hydrogen-bond donors (Lipinski definition) is 1. The Morgan fingerprint density at radius 3 is 3.05 bits per heavy atom. The van der Waals surface area contributed by atoms with Crippen LogP contribution in [0.2, 0.25) is 0 Å². The van der Waals surface area contributed by atoms with Crippen LogP contribution in [0.1, 0.15) is 29.2 Å². The average molecular weight is 264 g/mol. The van der Waals surface area contributed by atoms with Gasteiger partial charge in [-0.25, -0.2) is 0 Å². The van der Waals surface area contributed by atoms with E-state index in [0.717, 1.165) is 25.9 Å². The van der Waals surface area contributed by atoms with Gasteiger partial charge < -0.3 is 19.8 Å². The van der Waals surface area contributed by atoms with Gasteiger partial charge in [0.05, 0.1) is 0 Å². The lowest BCUT2D eigenvalue weighted by atomic mass is 9.98. The predicted molar refractivity (Wildman–Crippen MR) is 69.5 cm³/mol. The molecule has 2 aliphatic rings. The summed E-state index contributed by atoms with van der Waals surface area (Å²) in [7, 11) is 1.60. The molecule has 1 aliphatic heterocycles. The van der Waals surface area contributed by atoms with E-state index in [0.29, 0.717) is 30.0 Å². The molecule has 104 valence electrons. The standard InChI is InChI=1S/C14H20N2O3/c1-18-8-10-3-5-13(19-10)14(17)16-6-9-2-4-12(15)11(9)7-16/h3,5,9,11-12H,2,4,6-8,15H2,1H3. The van der Waals surface area contributed by atoms with Crippen molar-refractivity contribution in [3.8, 4) is 0 Å². The zero-order valence-corrected chi connectivity index (χ0v) is 11.2. The number of methoxy groups -OCH3 is 1. The number of hydrogen-bond acceptors (Lipinski definition) is 4. The quantitative estimate of drug-likeness (QED) is 0.891. The van der Waals surface area contributed by atoms with Crippen LogP contribution in [-0.4, -0.2) is 37.0 Å². The number of carbonyl (C=O) groups is 1. The number of carbonyl (C=O) groups excluding carboxylic acids is 1. The van der Waals surface area contributed by atoms with Crippen LogP contribution in [0.4, 0.5) is 0 Å². The Labute approximate surface area is 112 Å². The molecule has 1 saturated heterocycles. The van der Waals surface area contributed by atoms with E-state index in [1.807, 2.05) is 4.90 Å². The van der Waals surface area contributed by atoms with Crippen molar-refractivity contribution in [2.75, 3.05) is 20.2 Å². The Balaban J connectivity index is 1.67. The van der Waals surface area contributed by atoms with Crippen LogP contribution in [0.15, 0.2) is 16.5 Å². The van der Waals surface area contributed by atoms with Gasteiger partial charge in [-0.3, -0.25) is 4.79 Å². The first kappa shape index (κ1) is 12.7. The van der Waals surface area contributed by atoms with Gasteiger partial charge in [0.2, 0.25) is 0 Å². The third-order valence-corrected chi connectivity index (χ3v) is 4.36. The molecule has 0 radical (unpaired) electrons. The first-order valence-corrected chi connectivity index (χ1v) is 6.81. The van der Waals surface area contributed by atoms with Crippen LogP contribution >= 0.6 is 0 Å². The van der Waals surface area contributed by atoms with Crippen molar-refractivity contribution in [2.24, 2.45) is 17.6 Å². The summed E-state index contributed by atoms with van der Waals surface area (Å²) in [6.07, 6.45) is 2.23. The van der Waals surface area contributed by atoms with E-state index in [9.17, 15) is 4.79 Å². The van der Waals surface area contributed by atoms with Gasteiger partial charge in [-0.15, -0.1) is 0 Å². The lowest BCUT2D eigenvalue weighted by molar-refractivity contribution is 0.0740. The molecule has 1 aliphatic carbocycles. The van der Waals surface area contributed by atoms with Gasteiger partial charge in [-0.05, 0) is 36.8 Å². The fraction of sp³-hybridized carbons (Fsp3) is 0.643. The van der Waals surface area contributed by atoms with Crippen LogP contribution in [0.25, 0.3) is 0 Å². The van der Waals surface area contributed by atoms with E-state index in [4.69, 9.17) is 14.9 Å². The zero-order valence-electron chi connectivity index (χ0n) is 11.2. The summed E-state index contributed by atoms with van der Waals surface area (Å²) >= 11 is 0. The van der Waals surface area contributed by atoms with Crippen LogP contribution in [0.5, 0.6) is 0 Å². The third-order valence-electron chi connectivity index (χ3n) is 4.36. The van der Waals surface area contributed by atoms with Crippen LogP contribution in [0.3, 0.4) is 0 Å². The number of furan rings is 1. The summed E-state index contributed by atoms with van der Waals surface area (Å²) in [5, 5.41) is 0. The molecule has 19 heavy (non-hydrogen) atoms. The summed E-state index contributed by atoms with van der Waals surface area (Å²) in [6, 6.07) is 3.77. The van der Waals surface area contributed by atoms with Gasteiger partial charge >= 0.3 is 0 Å². The molecule has 3 unspecified atom stereocenters. The number of amides is 1. The molecule has 1 saturated carbocycles. The summed E-state index contributed by atoms with van der Waals surface area (Å²) in [6.45, 7) is 1.98. The van der Waals surface area contributed by atoms with Crippen molar-refractivity contribution < 1.29 is 13.9 Å². The molecule has 5 heteroatoms. The molecule has 2 N–H and O–H groups in total. The van der Waals surface area contributed by atoms with Gasteiger partial charge in [0, 0.05) is 26.2 Å². The van der Waals surface area contributed by atoms with Crippen molar-refractivity contribution in [3.05, 3.63) is 23.7 Å². The van der Waals surface area contributed by atoms with Crippen LogP contribution < -0.4 is 5.73 Å². The maximum atomic E-state index is 12.4. The number of nitrogens with two attached hydrogens (primary N) is 1. The highest BCUT2D eigenvalue weighted by molar-refractivity contribution is 5.91. The van der Waals surface area contributed by atoms with Crippen molar-refractivity contribution in [2.45, 2.75) is 25.5 Å². The maximum absolute atomic E-state index is 12.4. The van der Waals surface area contributed by atoms with Gasteiger partial charge in [0.15, 0.2) is 5.76 Å². The predicted octanol–water partition coefficient (Wildman–Crippen LogP) is 1.24. The fourth-order valence-electron chi connectivity index (χ4n) is 3.34. The van der Waals surface area contributed by atoms with Crippen LogP contribution in [0, 0.1) is 11.8 Å². The second-order valence-corrected chi connectivity index (χ2v) is 5.57. The Morgan fingerprint density at radius 1 is 1.47 bits per heavy atom. The minimum Gasteiger partial charge on any atom is -0.453 e. The van der Waals surface area contributed by atoms with E-state index in [1.54, 1.807) is 19.2 Å². The van der Waals surface area contributed by atoms with E-state index >= 15 is 0 Å². The molecule has 0 bridgehead atoms. The van der Waals surface area contributed by atoms with E-state index < -0.39 is 0 Å². The molecule has 2 fully saturated rings. The minimum atomic E-state index is -0.0241. The van der Waals surface area contributed by atoms with Crippen molar-refractivity contribution in [3.63, 3.8) is 0 Å². The highest BCUT2D eigenvalue weighted by Gasteiger charge is 2.43. The monoisotopic (exact) mass is 264 g/mol. The lowest BCUT2D eigenvalue weighted by Gasteiger charge is -2.17. The molecule has 2 heterocycles. The van der Waals surface area contributed by atoms with E-state index in [1.165, 1.54) is 0 Å². The lowest BCUT2D eigenvalue weighted by Crippen LogP contribution is -2.33. The van der Waals surface area contributed by atoms with E-state index in [-0.39, 0.29) is 11.9 Å². The normalized spacial score (nSPS) is 29.8. The first-order chi connectivity index (χ1) is 9.19. The summed E-state index contributed by atoms with van der Waals surface area (Å²) in [4.78, 5) is 14.2. The molecule has 5 nitrogen and oxygen atoms in total. The highest BCUT2D eigenvalue weighted by atomic mass is 16.5. The van der Waals surface area contributed by atoms with Gasteiger partial charge in [0.1, 0.15) is 12.4 Å². The topological polar surface area (TPSA) is 68.7 Å². The maximum Gasteiger partial charge on any atom is 0.289 e. The van der Waals surface area contributed by atoms with Crippen LogP contribution in [-0.2, 0) is 11.3 Å².